The first-order valence-electron chi connectivity index (χ1n) is 11.4. The Morgan fingerprint density at radius 3 is 1.97 bits per heavy atom. The molecule has 6 heteroatoms. The zero-order valence-electron chi connectivity index (χ0n) is 20.0. The molecule has 4 aromatic carbocycles. The second kappa shape index (κ2) is 10.3. The van der Waals surface area contributed by atoms with E-state index < -0.39 is 15.9 Å². The minimum absolute atomic E-state index is 0.0178. The maximum atomic E-state index is 12.7. The molecule has 4 aromatic rings. The van der Waals surface area contributed by atoms with Gasteiger partial charge >= 0.3 is 0 Å². The Balaban J connectivity index is 1.97. The smallest absolute Gasteiger partial charge is 0.176 e. The Morgan fingerprint density at radius 1 is 0.800 bits per heavy atom. The number of rotatable bonds is 8. The first kappa shape index (κ1) is 24.5. The van der Waals surface area contributed by atoms with Crippen LogP contribution < -0.4 is 10.1 Å². The SMILES string of the molecule is COc1cc(O)c(C(NC(C)c2ccccc2)c2ccccc2)c(-c2ccccc2S(C)(=O)=O)c1. The van der Waals surface area contributed by atoms with Gasteiger partial charge in [0.05, 0.1) is 18.0 Å². The monoisotopic (exact) mass is 487 g/mol. The first-order valence-corrected chi connectivity index (χ1v) is 13.2. The Kier molecular flexibility index (Phi) is 7.24. The summed E-state index contributed by atoms with van der Waals surface area (Å²) in [5.41, 5.74) is 3.71. The van der Waals surface area contributed by atoms with Crippen LogP contribution in [0.1, 0.15) is 35.7 Å². The molecule has 2 atom stereocenters. The van der Waals surface area contributed by atoms with Crippen LogP contribution in [0.4, 0.5) is 0 Å². The van der Waals surface area contributed by atoms with Gasteiger partial charge in [-0.1, -0.05) is 78.9 Å². The molecule has 4 rings (SSSR count). The lowest BCUT2D eigenvalue weighted by Crippen LogP contribution is -2.26. The van der Waals surface area contributed by atoms with Gasteiger partial charge in [0.15, 0.2) is 9.84 Å². The van der Waals surface area contributed by atoms with E-state index in [4.69, 9.17) is 4.74 Å². The summed E-state index contributed by atoms with van der Waals surface area (Å²) in [6, 6.07) is 29.6. The zero-order valence-corrected chi connectivity index (χ0v) is 20.8. The standard InChI is InChI=1S/C29H29NO4S/c1-20(21-12-6-4-7-13-21)30-29(22-14-8-5-9-15-22)28-25(18-23(34-2)19-26(28)31)24-16-10-11-17-27(24)35(3,32)33/h4-20,29-31H,1-3H3. The number of ether oxygens (including phenoxy) is 1. The van der Waals surface area contributed by atoms with Gasteiger partial charge in [-0.05, 0) is 35.7 Å². The minimum atomic E-state index is -3.53. The Morgan fingerprint density at radius 2 is 1.37 bits per heavy atom. The van der Waals surface area contributed by atoms with Gasteiger partial charge in [-0.25, -0.2) is 8.42 Å². The normalized spacial score (nSPS) is 13.2. The minimum Gasteiger partial charge on any atom is -0.507 e. The molecule has 0 bridgehead atoms. The van der Waals surface area contributed by atoms with Gasteiger partial charge in [0, 0.05) is 29.5 Å². The highest BCUT2D eigenvalue weighted by Crippen LogP contribution is 2.43. The van der Waals surface area contributed by atoms with Crippen molar-refractivity contribution in [3.8, 4) is 22.6 Å². The van der Waals surface area contributed by atoms with E-state index in [1.807, 2.05) is 60.7 Å². The van der Waals surface area contributed by atoms with Crippen molar-refractivity contribution in [2.75, 3.05) is 13.4 Å². The number of phenols is 1. The van der Waals surface area contributed by atoms with Crippen LogP contribution in [-0.2, 0) is 9.84 Å². The van der Waals surface area contributed by atoms with Gasteiger partial charge < -0.3 is 9.84 Å². The van der Waals surface area contributed by atoms with E-state index in [9.17, 15) is 13.5 Å². The van der Waals surface area contributed by atoms with E-state index in [1.165, 1.54) is 13.4 Å². The highest BCUT2D eigenvalue weighted by atomic mass is 32.2. The summed E-state index contributed by atoms with van der Waals surface area (Å²) in [4.78, 5) is 0.192. The topological polar surface area (TPSA) is 75.6 Å². The van der Waals surface area contributed by atoms with Crippen LogP contribution in [-0.4, -0.2) is 26.9 Å². The maximum absolute atomic E-state index is 12.7. The molecular weight excluding hydrogens is 458 g/mol. The van der Waals surface area contributed by atoms with Crippen LogP contribution in [0.3, 0.4) is 0 Å². The molecule has 0 amide bonds. The molecule has 0 saturated carbocycles. The molecule has 5 nitrogen and oxygen atoms in total. The van der Waals surface area contributed by atoms with Crippen molar-refractivity contribution >= 4 is 9.84 Å². The molecule has 2 N–H and O–H groups in total. The highest BCUT2D eigenvalue weighted by Gasteiger charge is 2.27. The van der Waals surface area contributed by atoms with Gasteiger partial charge in [-0.15, -0.1) is 0 Å². The quantitative estimate of drug-likeness (QED) is 0.323. The molecule has 0 aromatic heterocycles. The number of hydrogen-bond donors (Lipinski definition) is 2. The number of methoxy groups -OCH3 is 1. The molecule has 0 aliphatic rings. The van der Waals surface area contributed by atoms with Crippen molar-refractivity contribution in [3.05, 3.63) is 114 Å². The number of sulfone groups is 1. The second-order valence-corrected chi connectivity index (χ2v) is 10.5. The molecule has 180 valence electrons. The Bertz CT molecular complexity index is 1400. The zero-order chi connectivity index (χ0) is 25.0. The number of benzene rings is 4. The fourth-order valence-electron chi connectivity index (χ4n) is 4.35. The molecule has 2 unspecified atom stereocenters. The first-order chi connectivity index (χ1) is 16.8. The van der Waals surface area contributed by atoms with Gasteiger partial charge in [0.25, 0.3) is 0 Å². The van der Waals surface area contributed by atoms with Crippen LogP contribution in [0.25, 0.3) is 11.1 Å². The number of aromatic hydroxyl groups is 1. The molecule has 0 radical (unpaired) electrons. The fourth-order valence-corrected chi connectivity index (χ4v) is 5.25. The van der Waals surface area contributed by atoms with Crippen LogP contribution in [0.2, 0.25) is 0 Å². The van der Waals surface area contributed by atoms with Gasteiger partial charge in [0.1, 0.15) is 11.5 Å². The van der Waals surface area contributed by atoms with E-state index in [-0.39, 0.29) is 16.7 Å². The van der Waals surface area contributed by atoms with E-state index in [1.54, 1.807) is 36.4 Å². The molecular formula is C29H29NO4S. The molecule has 0 spiro atoms. The summed E-state index contributed by atoms with van der Waals surface area (Å²) in [5, 5.41) is 15.0. The lowest BCUT2D eigenvalue weighted by molar-refractivity contribution is 0.404. The van der Waals surface area contributed by atoms with E-state index in [0.29, 0.717) is 22.4 Å². The average molecular weight is 488 g/mol. The third kappa shape index (κ3) is 5.39. The van der Waals surface area contributed by atoms with Crippen LogP contribution in [0.15, 0.2) is 102 Å². The summed E-state index contributed by atoms with van der Waals surface area (Å²) in [6.07, 6.45) is 1.19. The number of nitrogens with one attached hydrogen (secondary N) is 1. The summed E-state index contributed by atoms with van der Waals surface area (Å²) in [6.45, 7) is 2.07. The van der Waals surface area contributed by atoms with Crippen LogP contribution in [0, 0.1) is 0 Å². The highest BCUT2D eigenvalue weighted by molar-refractivity contribution is 7.90. The van der Waals surface area contributed by atoms with Crippen molar-refractivity contribution in [2.24, 2.45) is 0 Å². The number of phenolic OH excluding ortho intramolecular Hbond substituents is 1. The average Bonchev–Trinajstić information content (AvgIpc) is 2.87. The third-order valence-electron chi connectivity index (χ3n) is 6.08. The second-order valence-electron chi connectivity index (χ2n) is 8.52. The number of hydrogen-bond acceptors (Lipinski definition) is 5. The summed E-state index contributed by atoms with van der Waals surface area (Å²) in [5.74, 6) is 0.455. The molecule has 0 fully saturated rings. The molecule has 0 saturated heterocycles. The van der Waals surface area contributed by atoms with Crippen LogP contribution in [0.5, 0.6) is 11.5 Å². The van der Waals surface area contributed by atoms with Crippen LogP contribution >= 0.6 is 0 Å². The van der Waals surface area contributed by atoms with Crippen molar-refractivity contribution in [1.82, 2.24) is 5.32 Å². The van der Waals surface area contributed by atoms with Gasteiger partial charge in [-0.3, -0.25) is 5.32 Å². The Labute approximate surface area is 207 Å². The third-order valence-corrected chi connectivity index (χ3v) is 7.24. The Hall–Kier alpha value is -3.61. The van der Waals surface area contributed by atoms with Crippen molar-refractivity contribution in [1.29, 1.82) is 0 Å². The van der Waals surface area contributed by atoms with E-state index in [2.05, 4.69) is 12.2 Å². The molecule has 35 heavy (non-hydrogen) atoms. The summed E-state index contributed by atoms with van der Waals surface area (Å²) in [7, 11) is -2.01. The van der Waals surface area contributed by atoms with Crippen molar-refractivity contribution < 1.29 is 18.3 Å². The predicted octanol–water partition coefficient (Wildman–Crippen LogP) is 5.91. The largest absolute Gasteiger partial charge is 0.507 e. The molecule has 0 aliphatic heterocycles. The fraction of sp³-hybridized carbons (Fsp3) is 0.172. The van der Waals surface area contributed by atoms with Gasteiger partial charge in [-0.2, -0.15) is 0 Å². The predicted molar refractivity (Wildman–Crippen MR) is 139 cm³/mol. The van der Waals surface area contributed by atoms with Crippen molar-refractivity contribution in [2.45, 2.75) is 23.9 Å². The van der Waals surface area contributed by atoms with E-state index in [0.717, 1.165) is 11.1 Å². The van der Waals surface area contributed by atoms with E-state index >= 15 is 0 Å². The van der Waals surface area contributed by atoms with Crippen molar-refractivity contribution in [3.63, 3.8) is 0 Å². The van der Waals surface area contributed by atoms with Gasteiger partial charge in [0.2, 0.25) is 0 Å². The lowest BCUT2D eigenvalue weighted by Gasteiger charge is -2.28. The summed E-state index contributed by atoms with van der Waals surface area (Å²) >= 11 is 0. The molecule has 0 heterocycles. The lowest BCUT2D eigenvalue weighted by atomic mass is 9.89. The summed E-state index contributed by atoms with van der Waals surface area (Å²) < 4.78 is 30.8. The maximum Gasteiger partial charge on any atom is 0.176 e. The molecule has 0 aliphatic carbocycles.